The number of aromatic nitrogens is 2. The molecule has 1 unspecified atom stereocenters. The highest BCUT2D eigenvalue weighted by atomic mass is 127. The molecule has 0 radical (unpaired) electrons. The van der Waals surface area contributed by atoms with Crippen LogP contribution < -0.4 is 11.1 Å². The van der Waals surface area contributed by atoms with Crippen LogP contribution in [-0.2, 0) is 10.1 Å². The zero-order valence-corrected chi connectivity index (χ0v) is 22.9. The quantitative estimate of drug-likeness (QED) is 0.145. The second kappa shape index (κ2) is 11.5. The predicted octanol–water partition coefficient (Wildman–Crippen LogP) is 6.82. The van der Waals surface area contributed by atoms with Gasteiger partial charge in [0.05, 0.1) is 11.0 Å². The van der Waals surface area contributed by atoms with Gasteiger partial charge in [0.1, 0.15) is 3.55 Å². The summed E-state index contributed by atoms with van der Waals surface area (Å²) in [6.07, 6.45) is 3.65. The third-order valence-electron chi connectivity index (χ3n) is 5.47. The molecule has 4 aromatic rings. The van der Waals surface area contributed by atoms with E-state index in [1.807, 2.05) is 48.7 Å². The SMILES string of the molecule is CC(C)(NCc1ccnc2ccccc12)C(N)(I)c1ccnc2cc(Cl)ccc12.Cl.Cl.Cl. The van der Waals surface area contributed by atoms with Crippen molar-refractivity contribution in [3.05, 3.63) is 83.1 Å². The summed E-state index contributed by atoms with van der Waals surface area (Å²) in [7, 11) is 0. The van der Waals surface area contributed by atoms with Gasteiger partial charge in [-0.15, -0.1) is 37.2 Å². The van der Waals surface area contributed by atoms with Crippen molar-refractivity contribution in [3.63, 3.8) is 0 Å². The lowest BCUT2D eigenvalue weighted by Gasteiger charge is -2.41. The van der Waals surface area contributed by atoms with E-state index in [2.05, 4.69) is 63.9 Å². The number of nitrogens with zero attached hydrogens (tertiary/aromatic N) is 2. The van der Waals surface area contributed by atoms with Gasteiger partial charge in [0.25, 0.3) is 0 Å². The summed E-state index contributed by atoms with van der Waals surface area (Å²) in [6.45, 7) is 4.95. The van der Waals surface area contributed by atoms with Crippen LogP contribution in [0.4, 0.5) is 0 Å². The highest BCUT2D eigenvalue weighted by Crippen LogP contribution is 2.40. The van der Waals surface area contributed by atoms with Crippen LogP contribution in [0.5, 0.6) is 0 Å². The number of para-hydroxylation sites is 1. The molecule has 4 rings (SSSR count). The Hall–Kier alpha value is -0.930. The van der Waals surface area contributed by atoms with Gasteiger partial charge in [0.15, 0.2) is 0 Å². The highest BCUT2D eigenvalue weighted by Gasteiger charge is 2.41. The molecule has 9 heteroatoms. The van der Waals surface area contributed by atoms with Gasteiger partial charge in [-0.3, -0.25) is 9.97 Å². The van der Waals surface area contributed by atoms with Crippen LogP contribution in [0.1, 0.15) is 25.0 Å². The fourth-order valence-electron chi connectivity index (χ4n) is 3.53. The van der Waals surface area contributed by atoms with Crippen molar-refractivity contribution in [3.8, 4) is 0 Å². The molecule has 2 aromatic carbocycles. The van der Waals surface area contributed by atoms with Crippen molar-refractivity contribution in [1.82, 2.24) is 15.3 Å². The van der Waals surface area contributed by atoms with E-state index in [9.17, 15) is 0 Å². The third kappa shape index (κ3) is 5.58. The minimum atomic E-state index is -0.678. The highest BCUT2D eigenvalue weighted by molar-refractivity contribution is 14.1. The van der Waals surface area contributed by atoms with E-state index in [1.54, 1.807) is 6.20 Å². The molecule has 172 valence electrons. The number of benzene rings is 2. The van der Waals surface area contributed by atoms with E-state index >= 15 is 0 Å². The van der Waals surface area contributed by atoms with E-state index in [4.69, 9.17) is 17.3 Å². The van der Waals surface area contributed by atoms with Gasteiger partial charge in [0.2, 0.25) is 0 Å². The lowest BCUT2D eigenvalue weighted by atomic mass is 9.87. The monoisotopic (exact) mass is 624 g/mol. The summed E-state index contributed by atoms with van der Waals surface area (Å²) in [6, 6.07) is 18.0. The lowest BCUT2D eigenvalue weighted by Crippen LogP contribution is -2.58. The molecule has 1 atom stereocenters. The number of nitrogens with two attached hydrogens (primary N) is 1. The smallest absolute Gasteiger partial charge is 0.112 e. The van der Waals surface area contributed by atoms with Crippen molar-refractivity contribution < 1.29 is 0 Å². The summed E-state index contributed by atoms with van der Waals surface area (Å²) in [5.74, 6) is 0. The Morgan fingerprint density at radius 1 is 0.906 bits per heavy atom. The molecule has 0 saturated heterocycles. The van der Waals surface area contributed by atoms with Crippen molar-refractivity contribution >= 4 is 93.2 Å². The fourth-order valence-corrected chi connectivity index (χ4v) is 4.36. The maximum atomic E-state index is 6.95. The molecule has 0 aliphatic rings. The standard InChI is InChI=1S/C23H22ClIN4.3ClH/c1-22(2,29-14-15-9-11-27-20-6-4-3-5-17(15)20)23(25,26)19-10-12-28-21-13-16(24)7-8-18(19)21;;;/h3-13,29H,14,26H2,1-2H3;3*1H. The Labute approximate surface area is 225 Å². The molecule has 0 bridgehead atoms. The van der Waals surface area contributed by atoms with Gasteiger partial charge >= 0.3 is 0 Å². The number of hydrogen-bond donors (Lipinski definition) is 2. The second-order valence-electron chi connectivity index (χ2n) is 7.70. The summed E-state index contributed by atoms with van der Waals surface area (Å²) in [5, 5.41) is 6.51. The number of fused-ring (bicyclic) bond motifs is 2. The molecule has 0 aliphatic carbocycles. The largest absolute Gasteiger partial charge is 0.312 e. The van der Waals surface area contributed by atoms with Gasteiger partial charge in [-0.1, -0.05) is 58.5 Å². The summed E-state index contributed by atoms with van der Waals surface area (Å²) in [4.78, 5) is 8.91. The van der Waals surface area contributed by atoms with Gasteiger partial charge in [0, 0.05) is 40.3 Å². The fraction of sp³-hybridized carbons (Fsp3) is 0.217. The van der Waals surface area contributed by atoms with Crippen molar-refractivity contribution in [2.45, 2.75) is 29.5 Å². The van der Waals surface area contributed by atoms with E-state index in [0.29, 0.717) is 11.6 Å². The first kappa shape index (κ1) is 29.1. The molecule has 2 heterocycles. The number of rotatable bonds is 5. The Kier molecular flexibility index (Phi) is 10.4. The van der Waals surface area contributed by atoms with Crippen LogP contribution in [0.15, 0.2) is 67.0 Å². The van der Waals surface area contributed by atoms with Crippen LogP contribution in [0.25, 0.3) is 21.8 Å². The zero-order valence-electron chi connectivity index (χ0n) is 17.5. The minimum absolute atomic E-state index is 0. The Morgan fingerprint density at radius 3 is 2.31 bits per heavy atom. The molecule has 4 nitrogen and oxygen atoms in total. The maximum absolute atomic E-state index is 6.95. The summed E-state index contributed by atoms with van der Waals surface area (Å²) < 4.78 is -0.678. The molecule has 0 amide bonds. The normalized spacial score (nSPS) is 12.9. The first-order valence-electron chi connectivity index (χ1n) is 9.40. The second-order valence-corrected chi connectivity index (χ2v) is 9.84. The Bertz CT molecular complexity index is 1200. The maximum Gasteiger partial charge on any atom is 0.112 e. The van der Waals surface area contributed by atoms with E-state index in [-0.39, 0.29) is 37.2 Å². The van der Waals surface area contributed by atoms with E-state index in [1.165, 1.54) is 5.56 Å². The van der Waals surface area contributed by atoms with E-state index in [0.717, 1.165) is 27.4 Å². The zero-order chi connectivity index (χ0) is 20.6. The molecule has 3 N–H and O–H groups in total. The Morgan fingerprint density at radius 2 is 1.56 bits per heavy atom. The summed E-state index contributed by atoms with van der Waals surface area (Å²) >= 11 is 8.49. The van der Waals surface area contributed by atoms with Crippen molar-refractivity contribution in [2.24, 2.45) is 5.73 Å². The average Bonchev–Trinajstić information content (AvgIpc) is 2.71. The van der Waals surface area contributed by atoms with Crippen LogP contribution in [-0.4, -0.2) is 15.5 Å². The number of halogens is 5. The van der Waals surface area contributed by atoms with Gasteiger partial charge < -0.3 is 11.1 Å². The molecule has 0 saturated carbocycles. The first-order chi connectivity index (χ1) is 13.8. The molecule has 32 heavy (non-hydrogen) atoms. The number of alkyl halides is 1. The van der Waals surface area contributed by atoms with Crippen LogP contribution >= 0.6 is 71.4 Å². The minimum Gasteiger partial charge on any atom is -0.312 e. The summed E-state index contributed by atoms with van der Waals surface area (Å²) in [5.41, 5.74) is 10.6. The van der Waals surface area contributed by atoms with Crippen LogP contribution in [0.2, 0.25) is 5.02 Å². The topological polar surface area (TPSA) is 63.8 Å². The van der Waals surface area contributed by atoms with E-state index < -0.39 is 9.08 Å². The average molecular weight is 626 g/mol. The van der Waals surface area contributed by atoms with Crippen molar-refractivity contribution in [1.29, 1.82) is 0 Å². The molecular weight excluding hydrogens is 601 g/mol. The number of pyridine rings is 2. The predicted molar refractivity (Wildman–Crippen MR) is 151 cm³/mol. The van der Waals surface area contributed by atoms with Gasteiger partial charge in [-0.05, 0) is 55.3 Å². The molecule has 0 spiro atoms. The molecule has 0 fully saturated rings. The number of hydrogen-bond acceptors (Lipinski definition) is 4. The number of nitrogens with one attached hydrogen (secondary N) is 1. The van der Waals surface area contributed by atoms with Gasteiger partial charge in [-0.25, -0.2) is 0 Å². The Balaban J connectivity index is 0.00000171. The third-order valence-corrected chi connectivity index (χ3v) is 7.63. The van der Waals surface area contributed by atoms with Crippen LogP contribution in [0.3, 0.4) is 0 Å². The lowest BCUT2D eigenvalue weighted by molar-refractivity contribution is 0.308. The first-order valence-corrected chi connectivity index (χ1v) is 10.9. The van der Waals surface area contributed by atoms with Crippen molar-refractivity contribution in [2.75, 3.05) is 0 Å². The van der Waals surface area contributed by atoms with Crippen LogP contribution in [0, 0.1) is 0 Å². The molecule has 0 aliphatic heterocycles. The van der Waals surface area contributed by atoms with Gasteiger partial charge in [-0.2, -0.15) is 0 Å². The molecule has 2 aromatic heterocycles. The molecular formula is C23H25Cl4IN4.